The Morgan fingerprint density at radius 1 is 1.13 bits per heavy atom. The molecule has 2 aromatic rings. The van der Waals surface area contributed by atoms with Gasteiger partial charge in [-0.15, -0.1) is 0 Å². The quantitative estimate of drug-likeness (QED) is 0.428. The summed E-state index contributed by atoms with van der Waals surface area (Å²) in [6, 6.07) is 12.5. The summed E-state index contributed by atoms with van der Waals surface area (Å²) in [6.45, 7) is 0. The molecule has 0 spiro atoms. The van der Waals surface area contributed by atoms with Crippen molar-refractivity contribution in [1.82, 2.24) is 5.01 Å². The summed E-state index contributed by atoms with van der Waals surface area (Å²) in [5, 5.41) is 28.7. The van der Waals surface area contributed by atoms with Gasteiger partial charge in [-0.25, -0.2) is 5.01 Å². The molecule has 2 atom stereocenters. The molecule has 1 saturated carbocycles. The minimum atomic E-state index is -0.431. The van der Waals surface area contributed by atoms with E-state index in [-0.39, 0.29) is 28.4 Å². The van der Waals surface area contributed by atoms with Crippen molar-refractivity contribution in [3.05, 3.63) is 85.5 Å². The maximum absolute atomic E-state index is 11.3. The molecule has 0 unspecified atom stereocenters. The normalized spacial score (nSPS) is 21.5. The number of allylic oxidation sites excluding steroid dienone is 1. The van der Waals surface area contributed by atoms with Gasteiger partial charge in [0, 0.05) is 30.2 Å². The van der Waals surface area contributed by atoms with E-state index >= 15 is 0 Å². The van der Waals surface area contributed by atoms with E-state index < -0.39 is 9.85 Å². The van der Waals surface area contributed by atoms with Crippen LogP contribution >= 0.6 is 12.2 Å². The van der Waals surface area contributed by atoms with E-state index in [4.69, 9.17) is 18.0 Å². The number of nitrogens with zero attached hydrogens (tertiary/aromatic N) is 4. The van der Waals surface area contributed by atoms with Crippen LogP contribution in [0.5, 0.6) is 0 Å². The van der Waals surface area contributed by atoms with Crippen LogP contribution in [0.15, 0.2) is 59.2 Å². The average molecular weight is 437 g/mol. The number of hydrogen-bond donors (Lipinski definition) is 1. The molecule has 0 bridgehead atoms. The zero-order chi connectivity index (χ0) is 22.1. The third-order valence-electron chi connectivity index (χ3n) is 5.57. The summed E-state index contributed by atoms with van der Waals surface area (Å²) < 4.78 is 0. The number of nitrogens with two attached hydrogens (primary N) is 1. The Bertz CT molecular complexity index is 1150. The Balaban J connectivity index is 1.74. The summed E-state index contributed by atoms with van der Waals surface area (Å²) in [5.41, 5.74) is 9.20. The van der Waals surface area contributed by atoms with Crippen LogP contribution in [-0.2, 0) is 0 Å². The molecule has 158 valence electrons. The first-order valence-electron chi connectivity index (χ1n) is 9.72. The molecule has 1 fully saturated rings. The van der Waals surface area contributed by atoms with Gasteiger partial charge in [-0.1, -0.05) is 24.3 Å². The number of fused-ring (bicyclic) bond motifs is 1. The predicted molar refractivity (Wildman–Crippen MR) is 120 cm³/mol. The molecule has 9 nitrogen and oxygen atoms in total. The maximum Gasteiger partial charge on any atom is 0.270 e. The van der Waals surface area contributed by atoms with Gasteiger partial charge in [-0.2, -0.15) is 5.10 Å². The topological polar surface area (TPSA) is 128 Å². The first-order valence-corrected chi connectivity index (χ1v) is 10.1. The van der Waals surface area contributed by atoms with Crippen molar-refractivity contribution >= 4 is 40.5 Å². The number of rotatable bonds is 4. The molecule has 10 heteroatoms. The van der Waals surface area contributed by atoms with Crippen molar-refractivity contribution in [2.45, 2.75) is 25.3 Å². The van der Waals surface area contributed by atoms with Gasteiger partial charge in [0.15, 0.2) is 5.11 Å². The lowest BCUT2D eigenvalue weighted by atomic mass is 9.77. The molecule has 1 aliphatic heterocycles. The summed E-state index contributed by atoms with van der Waals surface area (Å²) in [6.07, 6.45) is 4.40. The van der Waals surface area contributed by atoms with Gasteiger partial charge in [0.2, 0.25) is 0 Å². The Morgan fingerprint density at radius 3 is 2.48 bits per heavy atom. The van der Waals surface area contributed by atoms with Crippen molar-refractivity contribution in [3.63, 3.8) is 0 Å². The lowest BCUT2D eigenvalue weighted by molar-refractivity contribution is -0.385. The number of non-ortho nitro benzene ring substituents is 2. The van der Waals surface area contributed by atoms with E-state index in [2.05, 4.69) is 5.10 Å². The van der Waals surface area contributed by atoms with Crippen LogP contribution < -0.4 is 5.73 Å². The first-order chi connectivity index (χ1) is 14.8. The highest BCUT2D eigenvalue weighted by Gasteiger charge is 2.42. The lowest BCUT2D eigenvalue weighted by Crippen LogP contribution is -2.35. The fraction of sp³-hybridized carbons (Fsp3) is 0.238. The SMILES string of the molecule is NC(=S)N1N=C2/C(=C/c3cccc([N+](=O)[O-])c3)CCC[C@@H]2[C@H]1c1cccc([N+](=O)[O-])c1. The maximum atomic E-state index is 11.3. The summed E-state index contributed by atoms with van der Waals surface area (Å²) >= 11 is 5.22. The zero-order valence-corrected chi connectivity index (χ0v) is 17.2. The van der Waals surface area contributed by atoms with E-state index in [0.717, 1.165) is 36.1 Å². The molecular formula is C21H19N5O4S. The molecule has 0 amide bonds. The number of thiocarbonyl (C=S) groups is 1. The Hall–Kier alpha value is -3.66. The molecule has 31 heavy (non-hydrogen) atoms. The largest absolute Gasteiger partial charge is 0.375 e. The molecule has 2 aliphatic rings. The average Bonchev–Trinajstić information content (AvgIpc) is 3.15. The smallest absolute Gasteiger partial charge is 0.270 e. The number of nitro groups is 2. The van der Waals surface area contributed by atoms with E-state index in [1.54, 1.807) is 17.1 Å². The van der Waals surface area contributed by atoms with Gasteiger partial charge in [-0.05, 0) is 54.3 Å². The van der Waals surface area contributed by atoms with E-state index in [1.807, 2.05) is 18.2 Å². The van der Waals surface area contributed by atoms with Crippen molar-refractivity contribution in [2.75, 3.05) is 0 Å². The summed E-state index contributed by atoms with van der Waals surface area (Å²) in [5.74, 6) is -0.0396. The van der Waals surface area contributed by atoms with Crippen LogP contribution in [0.3, 0.4) is 0 Å². The van der Waals surface area contributed by atoms with E-state index in [9.17, 15) is 20.2 Å². The third-order valence-corrected chi connectivity index (χ3v) is 5.76. The fourth-order valence-corrected chi connectivity index (χ4v) is 4.42. The molecule has 0 aromatic heterocycles. The van der Waals surface area contributed by atoms with E-state index in [0.29, 0.717) is 5.56 Å². The van der Waals surface area contributed by atoms with Crippen molar-refractivity contribution in [3.8, 4) is 0 Å². The van der Waals surface area contributed by atoms with Crippen molar-refractivity contribution in [1.29, 1.82) is 0 Å². The second kappa shape index (κ2) is 8.23. The molecule has 1 heterocycles. The standard InChI is InChI=1S/C21H19N5O4S/c22-21(31)24-20(15-6-2-8-17(12-15)26(29)30)18-9-3-5-14(19(18)23-24)10-13-4-1-7-16(11-13)25(27)28/h1-2,4,6-8,10-12,18,20H,3,5,9H2,(H2,22,31)/b14-10+/t18-,20+/m0/s1. The summed E-state index contributed by atoms with van der Waals surface area (Å²) in [7, 11) is 0. The van der Waals surface area contributed by atoms with Crippen LogP contribution in [0.1, 0.15) is 36.4 Å². The highest BCUT2D eigenvalue weighted by molar-refractivity contribution is 7.80. The first kappa shape index (κ1) is 20.6. The number of hydrazone groups is 1. The Labute approximate surface area is 183 Å². The van der Waals surface area contributed by atoms with Gasteiger partial charge in [0.25, 0.3) is 11.4 Å². The van der Waals surface area contributed by atoms with Crippen LogP contribution in [0.4, 0.5) is 11.4 Å². The minimum Gasteiger partial charge on any atom is -0.375 e. The second-order valence-electron chi connectivity index (χ2n) is 7.49. The van der Waals surface area contributed by atoms with Crippen LogP contribution in [-0.4, -0.2) is 25.7 Å². The van der Waals surface area contributed by atoms with Crippen LogP contribution in [0, 0.1) is 26.1 Å². The van der Waals surface area contributed by atoms with Crippen molar-refractivity contribution in [2.24, 2.45) is 16.8 Å². The monoisotopic (exact) mass is 437 g/mol. The highest BCUT2D eigenvalue weighted by atomic mass is 32.1. The van der Waals surface area contributed by atoms with Gasteiger partial charge in [0.1, 0.15) is 0 Å². The van der Waals surface area contributed by atoms with Crippen LogP contribution in [0.25, 0.3) is 6.08 Å². The van der Waals surface area contributed by atoms with Gasteiger partial charge >= 0.3 is 0 Å². The molecule has 1 aliphatic carbocycles. The second-order valence-corrected chi connectivity index (χ2v) is 7.90. The molecule has 4 rings (SSSR count). The van der Waals surface area contributed by atoms with Crippen LogP contribution in [0.2, 0.25) is 0 Å². The van der Waals surface area contributed by atoms with Gasteiger partial charge < -0.3 is 5.73 Å². The Morgan fingerprint density at radius 2 is 1.81 bits per heavy atom. The molecule has 2 aromatic carbocycles. The number of benzene rings is 2. The third kappa shape index (κ3) is 4.02. The minimum absolute atomic E-state index is 0.00277. The zero-order valence-electron chi connectivity index (χ0n) is 16.4. The van der Waals surface area contributed by atoms with Gasteiger partial charge in [0.05, 0.1) is 21.6 Å². The fourth-order valence-electron chi connectivity index (χ4n) is 4.27. The highest BCUT2D eigenvalue weighted by Crippen LogP contribution is 2.44. The van der Waals surface area contributed by atoms with E-state index in [1.165, 1.54) is 24.3 Å². The van der Waals surface area contributed by atoms with Crippen molar-refractivity contribution < 1.29 is 9.85 Å². The number of nitro benzene ring substituents is 2. The Kier molecular flexibility index (Phi) is 5.47. The summed E-state index contributed by atoms with van der Waals surface area (Å²) in [4.78, 5) is 21.5. The number of hydrogen-bond acceptors (Lipinski definition) is 6. The van der Waals surface area contributed by atoms with Gasteiger partial charge in [-0.3, -0.25) is 20.2 Å². The lowest BCUT2D eigenvalue weighted by Gasteiger charge is -2.29. The molecular weight excluding hydrogens is 418 g/mol. The molecule has 0 saturated heterocycles. The molecule has 2 N–H and O–H groups in total. The molecule has 0 radical (unpaired) electrons. The predicted octanol–water partition coefficient (Wildman–Crippen LogP) is 4.34.